The lowest BCUT2D eigenvalue weighted by atomic mass is 9.81. The zero-order valence-electron chi connectivity index (χ0n) is 29.1. The molecule has 10 rings (SSSR count). The summed E-state index contributed by atoms with van der Waals surface area (Å²) < 4.78 is 2.41. The first-order valence-electron chi connectivity index (χ1n) is 17.9. The van der Waals surface area contributed by atoms with E-state index in [0.717, 1.165) is 39.3 Å². The SMILES string of the molecule is CC1(C)c2cc(-c3ccccc3)ccc2-c2cc3c(cc21)c1cc(-c2nc(-c4ccccc4)cc(-c4ccccc4)n2)ccc1n3-c1ccccc1. The van der Waals surface area contributed by atoms with Gasteiger partial charge in [-0.25, -0.2) is 9.97 Å². The van der Waals surface area contributed by atoms with E-state index in [1.807, 2.05) is 12.1 Å². The molecule has 0 fully saturated rings. The van der Waals surface area contributed by atoms with E-state index in [4.69, 9.17) is 9.97 Å². The van der Waals surface area contributed by atoms with E-state index in [9.17, 15) is 0 Å². The van der Waals surface area contributed by atoms with Gasteiger partial charge >= 0.3 is 0 Å². The molecular formula is C49H35N3. The molecule has 246 valence electrons. The van der Waals surface area contributed by atoms with Crippen molar-refractivity contribution in [2.75, 3.05) is 0 Å². The number of nitrogens with zero attached hydrogens (tertiary/aromatic N) is 3. The third-order valence-corrected chi connectivity index (χ3v) is 10.8. The maximum Gasteiger partial charge on any atom is 0.160 e. The van der Waals surface area contributed by atoms with Crippen molar-refractivity contribution in [1.82, 2.24) is 14.5 Å². The van der Waals surface area contributed by atoms with Crippen LogP contribution >= 0.6 is 0 Å². The lowest BCUT2D eigenvalue weighted by Gasteiger charge is -2.22. The highest BCUT2D eigenvalue weighted by Crippen LogP contribution is 2.52. The van der Waals surface area contributed by atoms with Gasteiger partial charge < -0.3 is 4.57 Å². The van der Waals surface area contributed by atoms with Gasteiger partial charge in [-0.1, -0.05) is 135 Å². The van der Waals surface area contributed by atoms with Crippen LogP contribution < -0.4 is 0 Å². The Balaban J connectivity index is 1.20. The van der Waals surface area contributed by atoms with Crippen LogP contribution in [0.4, 0.5) is 0 Å². The molecule has 0 unspecified atom stereocenters. The molecule has 0 N–H and O–H groups in total. The summed E-state index contributed by atoms with van der Waals surface area (Å²) in [6.07, 6.45) is 0. The van der Waals surface area contributed by atoms with Crippen LogP contribution in [0.2, 0.25) is 0 Å². The second-order valence-corrected chi connectivity index (χ2v) is 14.3. The Hall–Kier alpha value is -6.58. The second-order valence-electron chi connectivity index (χ2n) is 14.3. The fraction of sp³-hybridized carbons (Fsp3) is 0.0612. The highest BCUT2D eigenvalue weighted by molar-refractivity contribution is 6.12. The van der Waals surface area contributed by atoms with Gasteiger partial charge in [0.1, 0.15) is 0 Å². The van der Waals surface area contributed by atoms with Crippen LogP contribution in [0.5, 0.6) is 0 Å². The van der Waals surface area contributed by atoms with Gasteiger partial charge in [0.05, 0.1) is 22.4 Å². The van der Waals surface area contributed by atoms with Crippen molar-refractivity contribution >= 4 is 21.8 Å². The Morgan fingerprint density at radius 3 is 1.58 bits per heavy atom. The largest absolute Gasteiger partial charge is 0.309 e. The lowest BCUT2D eigenvalue weighted by molar-refractivity contribution is 0.661. The zero-order valence-corrected chi connectivity index (χ0v) is 29.1. The number of para-hydroxylation sites is 1. The minimum atomic E-state index is -0.167. The fourth-order valence-electron chi connectivity index (χ4n) is 8.14. The van der Waals surface area contributed by atoms with Crippen molar-refractivity contribution in [3.8, 4) is 61.8 Å². The molecule has 7 aromatic carbocycles. The predicted molar refractivity (Wildman–Crippen MR) is 216 cm³/mol. The molecular weight excluding hydrogens is 631 g/mol. The average Bonchev–Trinajstić information content (AvgIpc) is 3.65. The van der Waals surface area contributed by atoms with Crippen molar-refractivity contribution in [2.24, 2.45) is 0 Å². The second kappa shape index (κ2) is 11.8. The van der Waals surface area contributed by atoms with E-state index < -0.39 is 0 Å². The summed E-state index contributed by atoms with van der Waals surface area (Å²) in [6.45, 7) is 4.74. The van der Waals surface area contributed by atoms with Crippen LogP contribution in [0.15, 0.2) is 176 Å². The van der Waals surface area contributed by atoms with E-state index >= 15 is 0 Å². The normalized spacial score (nSPS) is 13.0. The van der Waals surface area contributed by atoms with Gasteiger partial charge in [0, 0.05) is 38.6 Å². The molecule has 0 atom stereocenters. The maximum atomic E-state index is 5.17. The van der Waals surface area contributed by atoms with Crippen LogP contribution in [0.25, 0.3) is 83.6 Å². The maximum absolute atomic E-state index is 5.17. The summed E-state index contributed by atoms with van der Waals surface area (Å²) in [4.78, 5) is 10.3. The summed E-state index contributed by atoms with van der Waals surface area (Å²) in [5, 5.41) is 2.41. The molecule has 52 heavy (non-hydrogen) atoms. The molecule has 0 radical (unpaired) electrons. The van der Waals surface area contributed by atoms with Gasteiger partial charge in [0.2, 0.25) is 0 Å². The lowest BCUT2D eigenvalue weighted by Crippen LogP contribution is -2.15. The van der Waals surface area contributed by atoms with Gasteiger partial charge in [-0.2, -0.15) is 0 Å². The molecule has 0 saturated heterocycles. The van der Waals surface area contributed by atoms with E-state index in [1.165, 1.54) is 49.7 Å². The van der Waals surface area contributed by atoms with Crippen molar-refractivity contribution in [3.63, 3.8) is 0 Å². The van der Waals surface area contributed by atoms with Crippen LogP contribution in [0.3, 0.4) is 0 Å². The number of aromatic nitrogens is 3. The quantitative estimate of drug-likeness (QED) is 0.183. The van der Waals surface area contributed by atoms with Crippen molar-refractivity contribution in [2.45, 2.75) is 19.3 Å². The molecule has 3 nitrogen and oxygen atoms in total. The van der Waals surface area contributed by atoms with Crippen LogP contribution in [0.1, 0.15) is 25.0 Å². The molecule has 0 aliphatic heterocycles. The first kappa shape index (κ1) is 30.3. The highest BCUT2D eigenvalue weighted by Gasteiger charge is 2.36. The summed E-state index contributed by atoms with van der Waals surface area (Å²) in [5.74, 6) is 0.713. The first-order chi connectivity index (χ1) is 25.5. The Bertz CT molecular complexity index is 2720. The number of rotatable bonds is 5. The summed E-state index contributed by atoms with van der Waals surface area (Å²) in [7, 11) is 0. The van der Waals surface area contributed by atoms with E-state index in [2.05, 4.69) is 182 Å². The fourth-order valence-corrected chi connectivity index (χ4v) is 8.14. The topological polar surface area (TPSA) is 30.7 Å². The van der Waals surface area contributed by atoms with Gasteiger partial charge in [-0.15, -0.1) is 0 Å². The number of benzene rings is 7. The monoisotopic (exact) mass is 665 g/mol. The average molecular weight is 666 g/mol. The van der Waals surface area contributed by atoms with E-state index in [0.29, 0.717) is 5.82 Å². The Kier molecular flexibility index (Phi) is 6.84. The van der Waals surface area contributed by atoms with Crippen LogP contribution in [-0.4, -0.2) is 14.5 Å². The minimum absolute atomic E-state index is 0.167. The first-order valence-corrected chi connectivity index (χ1v) is 17.9. The smallest absolute Gasteiger partial charge is 0.160 e. The molecule has 3 heteroatoms. The third-order valence-electron chi connectivity index (χ3n) is 10.8. The van der Waals surface area contributed by atoms with Gasteiger partial charge in [0.15, 0.2) is 5.82 Å². The molecule has 1 aliphatic rings. The molecule has 0 bridgehead atoms. The van der Waals surface area contributed by atoms with Crippen molar-refractivity contribution < 1.29 is 0 Å². The molecule has 0 spiro atoms. The standard InChI is InChI=1S/C49H35N3/c1-49(2)42-28-35(32-15-7-3-8-16-32)23-25-38(42)39-30-47-41(29-43(39)49)40-27-36(24-26-46(40)52(47)37-21-13-6-14-22-37)48-50-44(33-17-9-4-10-18-33)31-45(51-48)34-19-11-5-12-20-34/h3-31H,1-2H3. The summed E-state index contributed by atoms with van der Waals surface area (Å²) >= 11 is 0. The molecule has 0 saturated carbocycles. The Morgan fingerprint density at radius 2 is 0.942 bits per heavy atom. The molecule has 2 aromatic heterocycles. The Labute approximate surface area is 303 Å². The molecule has 9 aromatic rings. The van der Waals surface area contributed by atoms with Crippen molar-refractivity contribution in [3.05, 3.63) is 187 Å². The van der Waals surface area contributed by atoms with Crippen LogP contribution in [0, 0.1) is 0 Å². The van der Waals surface area contributed by atoms with Gasteiger partial charge in [-0.3, -0.25) is 0 Å². The van der Waals surface area contributed by atoms with E-state index in [-0.39, 0.29) is 5.41 Å². The molecule has 2 heterocycles. The molecule has 0 amide bonds. The van der Waals surface area contributed by atoms with Gasteiger partial charge in [0.25, 0.3) is 0 Å². The number of hydrogen-bond donors (Lipinski definition) is 0. The van der Waals surface area contributed by atoms with Gasteiger partial charge in [-0.05, 0) is 88.0 Å². The van der Waals surface area contributed by atoms with E-state index in [1.54, 1.807) is 0 Å². The molecule has 1 aliphatic carbocycles. The van der Waals surface area contributed by atoms with Crippen molar-refractivity contribution in [1.29, 1.82) is 0 Å². The minimum Gasteiger partial charge on any atom is -0.309 e. The number of hydrogen-bond acceptors (Lipinski definition) is 2. The summed E-state index contributed by atoms with van der Waals surface area (Å²) in [5.41, 5.74) is 16.1. The predicted octanol–water partition coefficient (Wildman–Crippen LogP) is 12.5. The summed E-state index contributed by atoms with van der Waals surface area (Å²) in [6, 6.07) is 62.9. The third kappa shape index (κ3) is 4.81. The zero-order chi connectivity index (χ0) is 34.8. The van der Waals surface area contributed by atoms with Crippen LogP contribution in [-0.2, 0) is 5.41 Å². The Morgan fingerprint density at radius 1 is 0.404 bits per heavy atom. The highest BCUT2D eigenvalue weighted by atomic mass is 15.0. The number of fused-ring (bicyclic) bond motifs is 6.